The summed E-state index contributed by atoms with van der Waals surface area (Å²) < 4.78 is 5.39. The van der Waals surface area contributed by atoms with E-state index in [1.54, 1.807) is 6.07 Å². The lowest BCUT2D eigenvalue weighted by Crippen LogP contribution is -2.02. The molecule has 0 amide bonds. The monoisotopic (exact) mass is 180 g/mol. The summed E-state index contributed by atoms with van der Waals surface area (Å²) in [6, 6.07) is 5.62. The topological polar surface area (TPSA) is 29.5 Å². The van der Waals surface area contributed by atoms with E-state index in [4.69, 9.17) is 4.74 Å². The second-order valence-electron chi connectivity index (χ2n) is 3.49. The third-order valence-electron chi connectivity index (χ3n) is 1.81. The lowest BCUT2D eigenvalue weighted by atomic mass is 10.1. The van der Waals surface area contributed by atoms with Crippen molar-refractivity contribution < 1.29 is 9.84 Å². The first-order valence-electron chi connectivity index (χ1n) is 4.49. The van der Waals surface area contributed by atoms with Crippen LogP contribution in [0.15, 0.2) is 18.2 Å². The number of aryl methyl sites for hydroxylation is 1. The molecule has 1 aromatic carbocycles. The van der Waals surface area contributed by atoms with Crippen molar-refractivity contribution in [3.63, 3.8) is 0 Å². The van der Waals surface area contributed by atoms with Gasteiger partial charge in [-0.2, -0.15) is 0 Å². The average Bonchev–Trinajstić information content (AvgIpc) is 2.02. The standard InChI is InChI=1S/C11H16O2/c1-8(2)13-7-10-5-4-9(3)6-11(10)12/h4-6,8,12H,7H2,1-3H3. The molecule has 0 saturated carbocycles. The largest absolute Gasteiger partial charge is 0.508 e. The van der Waals surface area contributed by atoms with E-state index < -0.39 is 0 Å². The van der Waals surface area contributed by atoms with E-state index in [9.17, 15) is 5.11 Å². The Balaban J connectivity index is 2.67. The number of aromatic hydroxyl groups is 1. The highest BCUT2D eigenvalue weighted by Gasteiger charge is 2.02. The number of rotatable bonds is 3. The van der Waals surface area contributed by atoms with Crippen molar-refractivity contribution >= 4 is 0 Å². The summed E-state index contributed by atoms with van der Waals surface area (Å²) in [5.74, 6) is 0.320. The van der Waals surface area contributed by atoms with Gasteiger partial charge in [0, 0.05) is 5.56 Å². The van der Waals surface area contributed by atoms with Crippen molar-refractivity contribution in [2.75, 3.05) is 0 Å². The van der Waals surface area contributed by atoms with Crippen LogP contribution in [0.5, 0.6) is 5.75 Å². The first kappa shape index (κ1) is 10.1. The van der Waals surface area contributed by atoms with Gasteiger partial charge in [-0.15, -0.1) is 0 Å². The lowest BCUT2D eigenvalue weighted by Gasteiger charge is -2.09. The summed E-state index contributed by atoms with van der Waals surface area (Å²) in [6.07, 6.45) is 0.195. The molecule has 72 valence electrons. The van der Waals surface area contributed by atoms with Gasteiger partial charge in [0.1, 0.15) is 5.75 Å². The van der Waals surface area contributed by atoms with Crippen LogP contribution < -0.4 is 0 Å². The van der Waals surface area contributed by atoms with E-state index >= 15 is 0 Å². The molecule has 13 heavy (non-hydrogen) atoms. The van der Waals surface area contributed by atoms with Crippen LogP contribution in [0.1, 0.15) is 25.0 Å². The van der Waals surface area contributed by atoms with Crippen LogP contribution in [0, 0.1) is 6.92 Å². The minimum absolute atomic E-state index is 0.195. The molecule has 0 aliphatic carbocycles. The zero-order chi connectivity index (χ0) is 9.84. The molecular formula is C11H16O2. The molecule has 1 aromatic rings. The maximum Gasteiger partial charge on any atom is 0.121 e. The smallest absolute Gasteiger partial charge is 0.121 e. The number of benzene rings is 1. The molecule has 0 fully saturated rings. The Kier molecular flexibility index (Phi) is 3.32. The first-order chi connectivity index (χ1) is 6.09. The Hall–Kier alpha value is -1.02. The van der Waals surface area contributed by atoms with Crippen LogP contribution in [-0.4, -0.2) is 11.2 Å². The maximum atomic E-state index is 9.52. The van der Waals surface area contributed by atoms with E-state index in [0.717, 1.165) is 11.1 Å². The normalized spacial score (nSPS) is 10.8. The lowest BCUT2D eigenvalue weighted by molar-refractivity contribution is 0.0645. The Labute approximate surface area is 79.2 Å². The summed E-state index contributed by atoms with van der Waals surface area (Å²) in [5, 5.41) is 9.52. The third kappa shape index (κ3) is 3.07. The fraction of sp³-hybridized carbons (Fsp3) is 0.455. The number of hydrogen-bond donors (Lipinski definition) is 1. The molecule has 1 rings (SSSR count). The van der Waals surface area contributed by atoms with E-state index in [1.807, 2.05) is 32.9 Å². The molecule has 0 unspecified atom stereocenters. The SMILES string of the molecule is Cc1ccc(COC(C)C)c(O)c1. The van der Waals surface area contributed by atoms with Crippen LogP contribution in [0.2, 0.25) is 0 Å². The second-order valence-corrected chi connectivity index (χ2v) is 3.49. The summed E-state index contributed by atoms with van der Waals surface area (Å²) in [6.45, 7) is 6.38. The van der Waals surface area contributed by atoms with Crippen LogP contribution in [0.4, 0.5) is 0 Å². The molecule has 2 heteroatoms. The summed E-state index contributed by atoms with van der Waals surface area (Å²) in [7, 11) is 0. The zero-order valence-electron chi connectivity index (χ0n) is 8.37. The van der Waals surface area contributed by atoms with Gasteiger partial charge >= 0.3 is 0 Å². The molecule has 0 atom stereocenters. The van der Waals surface area contributed by atoms with Gasteiger partial charge in [-0.05, 0) is 32.4 Å². The molecule has 0 heterocycles. The molecule has 0 bridgehead atoms. The minimum atomic E-state index is 0.195. The zero-order valence-corrected chi connectivity index (χ0v) is 8.37. The molecule has 0 saturated heterocycles. The van der Waals surface area contributed by atoms with Crippen molar-refractivity contribution in [3.05, 3.63) is 29.3 Å². The maximum absolute atomic E-state index is 9.52. The molecule has 2 nitrogen and oxygen atoms in total. The predicted molar refractivity (Wildman–Crippen MR) is 52.8 cm³/mol. The number of phenols is 1. The summed E-state index contributed by atoms with van der Waals surface area (Å²) in [5.41, 5.74) is 1.91. The molecule has 0 aliphatic heterocycles. The van der Waals surface area contributed by atoms with Crippen molar-refractivity contribution in [3.8, 4) is 5.75 Å². The van der Waals surface area contributed by atoms with Gasteiger partial charge in [0.05, 0.1) is 12.7 Å². The van der Waals surface area contributed by atoms with Gasteiger partial charge in [-0.25, -0.2) is 0 Å². The molecule has 1 N–H and O–H groups in total. The fourth-order valence-electron chi connectivity index (χ4n) is 1.05. The number of ether oxygens (including phenoxy) is 1. The van der Waals surface area contributed by atoms with Crippen LogP contribution in [0.3, 0.4) is 0 Å². The van der Waals surface area contributed by atoms with Crippen LogP contribution in [0.25, 0.3) is 0 Å². The van der Waals surface area contributed by atoms with Crippen molar-refractivity contribution in [2.24, 2.45) is 0 Å². The Bertz CT molecular complexity index is 279. The Morgan fingerprint density at radius 2 is 2.08 bits per heavy atom. The average molecular weight is 180 g/mol. The van der Waals surface area contributed by atoms with E-state index in [0.29, 0.717) is 12.4 Å². The molecule has 0 radical (unpaired) electrons. The van der Waals surface area contributed by atoms with Crippen LogP contribution >= 0.6 is 0 Å². The van der Waals surface area contributed by atoms with Gasteiger partial charge < -0.3 is 9.84 Å². The molecule has 0 spiro atoms. The molecule has 0 aromatic heterocycles. The van der Waals surface area contributed by atoms with Gasteiger partial charge in [-0.3, -0.25) is 0 Å². The summed E-state index contributed by atoms with van der Waals surface area (Å²) in [4.78, 5) is 0. The van der Waals surface area contributed by atoms with E-state index in [1.165, 1.54) is 0 Å². The minimum Gasteiger partial charge on any atom is -0.508 e. The van der Waals surface area contributed by atoms with E-state index in [-0.39, 0.29) is 6.10 Å². The third-order valence-corrected chi connectivity index (χ3v) is 1.81. The van der Waals surface area contributed by atoms with Crippen LogP contribution in [-0.2, 0) is 11.3 Å². The highest BCUT2D eigenvalue weighted by molar-refractivity contribution is 5.35. The first-order valence-corrected chi connectivity index (χ1v) is 4.49. The van der Waals surface area contributed by atoms with Gasteiger partial charge in [0.2, 0.25) is 0 Å². The number of phenolic OH excluding ortho intramolecular Hbond substituents is 1. The summed E-state index contributed by atoms with van der Waals surface area (Å²) >= 11 is 0. The highest BCUT2D eigenvalue weighted by atomic mass is 16.5. The van der Waals surface area contributed by atoms with Gasteiger partial charge in [0.15, 0.2) is 0 Å². The Morgan fingerprint density at radius 3 is 2.62 bits per heavy atom. The highest BCUT2D eigenvalue weighted by Crippen LogP contribution is 2.19. The van der Waals surface area contributed by atoms with Gasteiger partial charge in [-0.1, -0.05) is 12.1 Å². The van der Waals surface area contributed by atoms with E-state index in [2.05, 4.69) is 0 Å². The molecule has 0 aliphatic rings. The quantitative estimate of drug-likeness (QED) is 0.774. The van der Waals surface area contributed by atoms with Crippen molar-refractivity contribution in [1.29, 1.82) is 0 Å². The Morgan fingerprint density at radius 1 is 1.38 bits per heavy atom. The molecular weight excluding hydrogens is 164 g/mol. The fourth-order valence-corrected chi connectivity index (χ4v) is 1.05. The van der Waals surface area contributed by atoms with Crippen molar-refractivity contribution in [2.45, 2.75) is 33.5 Å². The second kappa shape index (κ2) is 4.28. The van der Waals surface area contributed by atoms with Crippen molar-refractivity contribution in [1.82, 2.24) is 0 Å². The van der Waals surface area contributed by atoms with Gasteiger partial charge in [0.25, 0.3) is 0 Å². The predicted octanol–water partition coefficient (Wildman–Crippen LogP) is 2.63. The number of hydrogen-bond acceptors (Lipinski definition) is 2.